The maximum atomic E-state index is 9.09. The summed E-state index contributed by atoms with van der Waals surface area (Å²) in [5.74, 6) is 0.303. The van der Waals surface area contributed by atoms with Gasteiger partial charge >= 0.3 is 0 Å². The molecule has 0 radical (unpaired) electrons. The number of phenolic OH excluding ortho intramolecular Hbond substituents is 1. The highest BCUT2D eigenvalue weighted by Gasteiger charge is 1.96. The monoisotopic (exact) mass is 280 g/mol. The Hall–Kier alpha value is -0.0200. The Morgan fingerprint density at radius 3 is 2.55 bits per heavy atom. The maximum absolute atomic E-state index is 9.09. The molecule has 0 heterocycles. The van der Waals surface area contributed by atoms with Crippen LogP contribution in [0.1, 0.15) is 12.5 Å². The van der Waals surface area contributed by atoms with Crippen molar-refractivity contribution in [2.75, 3.05) is 0 Å². The molecule has 1 rings (SSSR count). The zero-order chi connectivity index (χ0) is 7.56. The highest BCUT2D eigenvalue weighted by Crippen LogP contribution is 2.24. The fourth-order valence-electron chi connectivity index (χ4n) is 0.770. The SMILES string of the molecule is Br.CCc1ccc(O)c(Br)c1. The lowest BCUT2D eigenvalue weighted by atomic mass is 10.2. The van der Waals surface area contributed by atoms with Crippen molar-refractivity contribution in [3.05, 3.63) is 28.2 Å². The lowest BCUT2D eigenvalue weighted by Crippen LogP contribution is -1.78. The van der Waals surface area contributed by atoms with Gasteiger partial charge in [0, 0.05) is 0 Å². The zero-order valence-corrected chi connectivity index (χ0v) is 9.47. The van der Waals surface area contributed by atoms with E-state index >= 15 is 0 Å². The summed E-state index contributed by atoms with van der Waals surface area (Å²) in [5, 5.41) is 9.09. The lowest BCUT2D eigenvalue weighted by molar-refractivity contribution is 0.471. The van der Waals surface area contributed by atoms with Gasteiger partial charge in [-0.2, -0.15) is 0 Å². The molecule has 0 aliphatic heterocycles. The summed E-state index contributed by atoms with van der Waals surface area (Å²) in [6, 6.07) is 5.54. The van der Waals surface area contributed by atoms with Crippen molar-refractivity contribution in [1.82, 2.24) is 0 Å². The predicted molar refractivity (Wildman–Crippen MR) is 55.5 cm³/mol. The normalized spacial score (nSPS) is 8.91. The first-order valence-corrected chi connectivity index (χ1v) is 4.00. The van der Waals surface area contributed by atoms with Crippen LogP contribution in [0.2, 0.25) is 0 Å². The molecule has 1 aromatic rings. The number of halogens is 2. The molecular formula is C8H10Br2O. The van der Waals surface area contributed by atoms with Crippen LogP contribution < -0.4 is 0 Å². The van der Waals surface area contributed by atoms with E-state index in [1.54, 1.807) is 6.07 Å². The molecule has 1 nitrogen and oxygen atoms in total. The third-order valence-electron chi connectivity index (χ3n) is 1.42. The predicted octanol–water partition coefficient (Wildman–Crippen LogP) is 3.30. The van der Waals surface area contributed by atoms with Crippen molar-refractivity contribution in [3.63, 3.8) is 0 Å². The van der Waals surface area contributed by atoms with Gasteiger partial charge in [-0.25, -0.2) is 0 Å². The Balaban J connectivity index is 0.000001000. The van der Waals surface area contributed by atoms with Gasteiger partial charge in [0.15, 0.2) is 0 Å². The molecule has 3 heteroatoms. The molecule has 0 fully saturated rings. The first kappa shape index (κ1) is 11.0. The fourth-order valence-corrected chi connectivity index (χ4v) is 1.20. The standard InChI is InChI=1S/C8H9BrO.BrH/c1-2-6-3-4-8(10)7(9)5-6;/h3-5,10H,2H2,1H3;1H. The van der Waals surface area contributed by atoms with Crippen LogP contribution >= 0.6 is 32.9 Å². The van der Waals surface area contributed by atoms with E-state index in [1.807, 2.05) is 12.1 Å². The third-order valence-corrected chi connectivity index (χ3v) is 2.06. The minimum Gasteiger partial charge on any atom is -0.507 e. The number of aromatic hydroxyl groups is 1. The second-order valence-corrected chi connectivity index (χ2v) is 2.99. The van der Waals surface area contributed by atoms with E-state index in [0.717, 1.165) is 10.9 Å². The van der Waals surface area contributed by atoms with Crippen LogP contribution in [0.3, 0.4) is 0 Å². The van der Waals surface area contributed by atoms with Crippen LogP contribution in [-0.4, -0.2) is 5.11 Å². The van der Waals surface area contributed by atoms with Crippen LogP contribution in [0.15, 0.2) is 22.7 Å². The molecule has 0 amide bonds. The van der Waals surface area contributed by atoms with Crippen molar-refractivity contribution in [2.45, 2.75) is 13.3 Å². The van der Waals surface area contributed by atoms with Gasteiger partial charge in [-0.05, 0) is 40.0 Å². The number of hydrogen-bond donors (Lipinski definition) is 1. The van der Waals surface area contributed by atoms with Crippen molar-refractivity contribution >= 4 is 32.9 Å². The van der Waals surface area contributed by atoms with Crippen molar-refractivity contribution in [1.29, 1.82) is 0 Å². The molecule has 62 valence electrons. The van der Waals surface area contributed by atoms with E-state index in [2.05, 4.69) is 22.9 Å². The van der Waals surface area contributed by atoms with Gasteiger partial charge in [-0.1, -0.05) is 13.0 Å². The first-order valence-electron chi connectivity index (χ1n) is 3.21. The van der Waals surface area contributed by atoms with Crippen molar-refractivity contribution < 1.29 is 5.11 Å². The van der Waals surface area contributed by atoms with Gasteiger partial charge in [0.2, 0.25) is 0 Å². The molecule has 1 N–H and O–H groups in total. The van der Waals surface area contributed by atoms with E-state index in [4.69, 9.17) is 5.11 Å². The molecule has 0 aliphatic rings. The average Bonchev–Trinajstić information content (AvgIpc) is 1.95. The molecule has 0 unspecified atom stereocenters. The summed E-state index contributed by atoms with van der Waals surface area (Å²) in [6.07, 6.45) is 0.999. The van der Waals surface area contributed by atoms with Crippen LogP contribution in [0, 0.1) is 0 Å². The first-order chi connectivity index (χ1) is 4.74. The average molecular weight is 282 g/mol. The smallest absolute Gasteiger partial charge is 0.129 e. The highest BCUT2D eigenvalue weighted by atomic mass is 79.9. The molecule has 0 atom stereocenters. The summed E-state index contributed by atoms with van der Waals surface area (Å²) in [6.45, 7) is 2.08. The van der Waals surface area contributed by atoms with E-state index < -0.39 is 0 Å². The minimum absolute atomic E-state index is 0. The number of aryl methyl sites for hydroxylation is 1. The van der Waals surface area contributed by atoms with Crippen molar-refractivity contribution in [2.24, 2.45) is 0 Å². The summed E-state index contributed by atoms with van der Waals surface area (Å²) in [4.78, 5) is 0. The topological polar surface area (TPSA) is 20.2 Å². The van der Waals surface area contributed by atoms with Crippen LogP contribution in [0.4, 0.5) is 0 Å². The van der Waals surface area contributed by atoms with E-state index in [9.17, 15) is 0 Å². The second kappa shape index (κ2) is 4.78. The third kappa shape index (κ3) is 2.83. The van der Waals surface area contributed by atoms with Gasteiger partial charge in [-0.3, -0.25) is 0 Å². The summed E-state index contributed by atoms with van der Waals surface area (Å²) in [5.41, 5.74) is 1.23. The van der Waals surface area contributed by atoms with Gasteiger partial charge < -0.3 is 5.11 Å². The van der Waals surface area contributed by atoms with E-state index in [0.29, 0.717) is 5.75 Å². The largest absolute Gasteiger partial charge is 0.507 e. The second-order valence-electron chi connectivity index (χ2n) is 2.14. The van der Waals surface area contributed by atoms with E-state index in [1.165, 1.54) is 5.56 Å². The quantitative estimate of drug-likeness (QED) is 0.838. The van der Waals surface area contributed by atoms with Crippen LogP contribution in [-0.2, 0) is 6.42 Å². The number of hydrogen-bond acceptors (Lipinski definition) is 1. The fraction of sp³-hybridized carbons (Fsp3) is 0.250. The Labute approximate surface area is 85.3 Å². The molecule has 0 spiro atoms. The number of phenols is 1. The van der Waals surface area contributed by atoms with Crippen LogP contribution in [0.5, 0.6) is 5.75 Å². The molecule has 0 aromatic heterocycles. The Kier molecular flexibility index (Phi) is 4.77. The van der Waals surface area contributed by atoms with E-state index in [-0.39, 0.29) is 17.0 Å². The number of benzene rings is 1. The van der Waals surface area contributed by atoms with Gasteiger partial charge in [0.05, 0.1) is 4.47 Å². The lowest BCUT2D eigenvalue weighted by Gasteiger charge is -1.98. The van der Waals surface area contributed by atoms with Crippen molar-refractivity contribution in [3.8, 4) is 5.75 Å². The molecule has 0 saturated heterocycles. The minimum atomic E-state index is 0. The molecule has 0 bridgehead atoms. The molecule has 0 aliphatic carbocycles. The van der Waals surface area contributed by atoms with Crippen LogP contribution in [0.25, 0.3) is 0 Å². The summed E-state index contributed by atoms with van der Waals surface area (Å²) in [7, 11) is 0. The Morgan fingerprint density at radius 1 is 1.45 bits per heavy atom. The Morgan fingerprint density at radius 2 is 2.09 bits per heavy atom. The Bertz CT molecular complexity index is 236. The summed E-state index contributed by atoms with van der Waals surface area (Å²) < 4.78 is 0.770. The van der Waals surface area contributed by atoms with Gasteiger partial charge in [0.25, 0.3) is 0 Å². The molecule has 1 aromatic carbocycles. The molecule has 11 heavy (non-hydrogen) atoms. The summed E-state index contributed by atoms with van der Waals surface area (Å²) >= 11 is 3.24. The molecular weight excluding hydrogens is 272 g/mol. The highest BCUT2D eigenvalue weighted by molar-refractivity contribution is 9.10. The number of rotatable bonds is 1. The maximum Gasteiger partial charge on any atom is 0.129 e. The van der Waals surface area contributed by atoms with Gasteiger partial charge in [0.1, 0.15) is 5.75 Å². The van der Waals surface area contributed by atoms with Gasteiger partial charge in [-0.15, -0.1) is 17.0 Å². The molecule has 0 saturated carbocycles. The zero-order valence-electron chi connectivity index (χ0n) is 6.17.